The molecule has 0 aliphatic rings. The Kier molecular flexibility index (Phi) is 7.54. The fourth-order valence-corrected chi connectivity index (χ4v) is 3.71. The van der Waals surface area contributed by atoms with Gasteiger partial charge >= 0.3 is 6.18 Å². The fraction of sp³-hybridized carbons (Fsp3) is 0.360. The van der Waals surface area contributed by atoms with E-state index in [-0.39, 0.29) is 30.3 Å². The van der Waals surface area contributed by atoms with E-state index in [2.05, 4.69) is 5.32 Å². The number of alkyl halides is 3. The minimum atomic E-state index is -4.54. The second-order valence-corrected chi connectivity index (χ2v) is 8.56. The first kappa shape index (κ1) is 25.1. The van der Waals surface area contributed by atoms with Gasteiger partial charge in [0.2, 0.25) is 0 Å². The fourth-order valence-electron chi connectivity index (χ4n) is 3.71. The summed E-state index contributed by atoms with van der Waals surface area (Å²) in [5.74, 6) is -1.43. The van der Waals surface area contributed by atoms with Gasteiger partial charge in [0, 0.05) is 24.4 Å². The zero-order valence-corrected chi connectivity index (χ0v) is 19.1. The Morgan fingerprint density at radius 1 is 1.09 bits per heavy atom. The molecule has 0 bridgehead atoms. The first-order chi connectivity index (χ1) is 16.0. The number of fused-ring (bicyclic) bond motifs is 1. The van der Waals surface area contributed by atoms with E-state index >= 15 is 0 Å². The number of para-hydroxylation sites is 2. The predicted octanol–water partition coefficient (Wildman–Crippen LogP) is 4.97. The summed E-state index contributed by atoms with van der Waals surface area (Å²) in [6.07, 6.45) is -4.33. The molecule has 1 heterocycles. The van der Waals surface area contributed by atoms with Gasteiger partial charge < -0.3 is 19.7 Å². The van der Waals surface area contributed by atoms with Crippen LogP contribution in [0.15, 0.2) is 53.3 Å². The average Bonchev–Trinajstić information content (AvgIpc) is 2.76. The van der Waals surface area contributed by atoms with E-state index in [9.17, 15) is 27.9 Å². The minimum Gasteiger partial charge on any atom is -0.502 e. The lowest BCUT2D eigenvalue weighted by atomic mass is 10.1. The molecule has 0 fully saturated rings. The molecule has 1 atom stereocenters. The summed E-state index contributed by atoms with van der Waals surface area (Å²) in [7, 11) is 0. The molecule has 1 amide bonds. The van der Waals surface area contributed by atoms with Crippen LogP contribution in [-0.2, 0) is 12.7 Å². The van der Waals surface area contributed by atoms with Gasteiger partial charge in [-0.25, -0.2) is 0 Å². The normalized spacial score (nSPS) is 12.7. The Labute approximate surface area is 195 Å². The predicted molar refractivity (Wildman–Crippen MR) is 123 cm³/mol. The Morgan fingerprint density at radius 2 is 1.74 bits per heavy atom. The van der Waals surface area contributed by atoms with Crippen LogP contribution in [0, 0.1) is 5.92 Å². The van der Waals surface area contributed by atoms with Crippen LogP contribution in [0.2, 0.25) is 0 Å². The third-order valence-corrected chi connectivity index (χ3v) is 5.30. The number of pyridine rings is 1. The third kappa shape index (κ3) is 5.52. The SMILES string of the molecule is CC(C)Cn1c(=O)c(O)c(C(=O)NC(C)CCOc2ccccc2C(F)(F)F)c2ccccc21. The summed E-state index contributed by atoms with van der Waals surface area (Å²) in [4.78, 5) is 25.8. The number of hydrogen-bond acceptors (Lipinski definition) is 4. The number of nitrogens with zero attached hydrogens (tertiary/aromatic N) is 1. The van der Waals surface area contributed by atoms with E-state index in [1.54, 1.807) is 31.2 Å². The van der Waals surface area contributed by atoms with Gasteiger partial charge in [-0.05, 0) is 31.0 Å². The zero-order chi connectivity index (χ0) is 25.0. The van der Waals surface area contributed by atoms with Gasteiger partial charge in [-0.3, -0.25) is 9.59 Å². The van der Waals surface area contributed by atoms with E-state index in [1.807, 2.05) is 13.8 Å². The van der Waals surface area contributed by atoms with Crippen molar-refractivity contribution in [3.8, 4) is 11.5 Å². The van der Waals surface area contributed by atoms with E-state index in [1.165, 1.54) is 22.8 Å². The van der Waals surface area contributed by atoms with E-state index in [0.29, 0.717) is 17.4 Å². The Hall–Kier alpha value is -3.49. The van der Waals surface area contributed by atoms with Gasteiger partial charge in [0.1, 0.15) is 5.75 Å². The molecule has 0 aliphatic heterocycles. The summed E-state index contributed by atoms with van der Waals surface area (Å²) < 4.78 is 46.1. The van der Waals surface area contributed by atoms with Crippen LogP contribution in [0.1, 0.15) is 43.1 Å². The van der Waals surface area contributed by atoms with Crippen LogP contribution < -0.4 is 15.6 Å². The standard InChI is InChI=1S/C25H27F3N2O4/c1-15(2)14-30-19-10-6-4-8-17(19)21(22(31)24(30)33)23(32)29-16(3)12-13-34-20-11-7-5-9-18(20)25(26,27)28/h4-11,15-16,31H,12-14H2,1-3H3,(H,29,32). The first-order valence-corrected chi connectivity index (χ1v) is 10.9. The molecule has 9 heteroatoms. The molecule has 0 aliphatic carbocycles. The Bertz CT molecular complexity index is 1240. The second-order valence-electron chi connectivity index (χ2n) is 8.56. The first-order valence-electron chi connectivity index (χ1n) is 10.9. The number of aromatic nitrogens is 1. The quantitative estimate of drug-likeness (QED) is 0.481. The van der Waals surface area contributed by atoms with Crippen LogP contribution in [0.25, 0.3) is 10.9 Å². The van der Waals surface area contributed by atoms with Crippen molar-refractivity contribution in [1.29, 1.82) is 0 Å². The van der Waals surface area contributed by atoms with Crippen molar-refractivity contribution < 1.29 is 27.8 Å². The number of aromatic hydroxyl groups is 1. The number of halogens is 3. The highest BCUT2D eigenvalue weighted by Crippen LogP contribution is 2.36. The number of amides is 1. The van der Waals surface area contributed by atoms with Crippen molar-refractivity contribution >= 4 is 16.8 Å². The number of ether oxygens (including phenoxy) is 1. The van der Waals surface area contributed by atoms with Crippen molar-refractivity contribution in [2.45, 2.75) is 46.0 Å². The van der Waals surface area contributed by atoms with Crippen molar-refractivity contribution in [2.75, 3.05) is 6.61 Å². The molecule has 1 unspecified atom stereocenters. The van der Waals surface area contributed by atoms with Gasteiger partial charge in [0.05, 0.1) is 23.3 Å². The summed E-state index contributed by atoms with van der Waals surface area (Å²) in [5.41, 5.74) is -1.12. The van der Waals surface area contributed by atoms with E-state index < -0.39 is 35.0 Å². The summed E-state index contributed by atoms with van der Waals surface area (Å²) in [6, 6.07) is 11.2. The highest BCUT2D eigenvalue weighted by atomic mass is 19.4. The molecule has 34 heavy (non-hydrogen) atoms. The maximum atomic E-state index is 13.1. The molecule has 3 rings (SSSR count). The van der Waals surface area contributed by atoms with Crippen molar-refractivity contribution in [3.05, 3.63) is 70.0 Å². The summed E-state index contributed by atoms with van der Waals surface area (Å²) >= 11 is 0. The Balaban J connectivity index is 1.76. The van der Waals surface area contributed by atoms with Crippen LogP contribution in [0.5, 0.6) is 11.5 Å². The molecule has 1 aromatic heterocycles. The van der Waals surface area contributed by atoms with Gasteiger partial charge in [-0.15, -0.1) is 0 Å². The summed E-state index contributed by atoms with van der Waals surface area (Å²) in [6.45, 7) is 5.85. The molecule has 0 saturated heterocycles. The molecule has 182 valence electrons. The molecular formula is C25H27F3N2O4. The molecule has 0 spiro atoms. The maximum absolute atomic E-state index is 13.1. The van der Waals surface area contributed by atoms with Crippen LogP contribution in [0.4, 0.5) is 13.2 Å². The van der Waals surface area contributed by atoms with Crippen LogP contribution in [-0.4, -0.2) is 28.2 Å². The highest BCUT2D eigenvalue weighted by Gasteiger charge is 2.34. The van der Waals surface area contributed by atoms with Gasteiger partial charge in [0.25, 0.3) is 11.5 Å². The number of hydrogen-bond donors (Lipinski definition) is 2. The molecule has 0 radical (unpaired) electrons. The lowest BCUT2D eigenvalue weighted by Crippen LogP contribution is -2.35. The monoisotopic (exact) mass is 476 g/mol. The summed E-state index contributed by atoms with van der Waals surface area (Å²) in [5, 5.41) is 13.7. The molecule has 2 N–H and O–H groups in total. The van der Waals surface area contributed by atoms with Gasteiger partial charge in [-0.2, -0.15) is 13.2 Å². The van der Waals surface area contributed by atoms with Crippen LogP contribution in [0.3, 0.4) is 0 Å². The van der Waals surface area contributed by atoms with Crippen molar-refractivity contribution in [1.82, 2.24) is 9.88 Å². The minimum absolute atomic E-state index is 0.0722. The highest BCUT2D eigenvalue weighted by molar-refractivity contribution is 6.08. The molecule has 6 nitrogen and oxygen atoms in total. The zero-order valence-electron chi connectivity index (χ0n) is 19.1. The Morgan fingerprint density at radius 3 is 2.41 bits per heavy atom. The van der Waals surface area contributed by atoms with Crippen molar-refractivity contribution in [2.24, 2.45) is 5.92 Å². The number of benzene rings is 2. The molecular weight excluding hydrogens is 449 g/mol. The van der Waals surface area contributed by atoms with Gasteiger partial charge in [-0.1, -0.05) is 44.2 Å². The van der Waals surface area contributed by atoms with Crippen LogP contribution >= 0.6 is 0 Å². The third-order valence-electron chi connectivity index (χ3n) is 5.30. The topological polar surface area (TPSA) is 80.6 Å². The molecule has 3 aromatic rings. The largest absolute Gasteiger partial charge is 0.502 e. The van der Waals surface area contributed by atoms with E-state index in [4.69, 9.17) is 4.74 Å². The van der Waals surface area contributed by atoms with Gasteiger partial charge in [0.15, 0.2) is 5.75 Å². The number of rotatable bonds is 8. The lowest BCUT2D eigenvalue weighted by molar-refractivity contribution is -0.138. The number of carbonyl (C=O) groups is 1. The number of carbonyl (C=O) groups excluding carboxylic acids is 1. The second kappa shape index (κ2) is 10.2. The lowest BCUT2D eigenvalue weighted by Gasteiger charge is -2.19. The average molecular weight is 476 g/mol. The number of nitrogens with one attached hydrogen (secondary N) is 1. The smallest absolute Gasteiger partial charge is 0.419 e. The van der Waals surface area contributed by atoms with Crippen molar-refractivity contribution in [3.63, 3.8) is 0 Å². The maximum Gasteiger partial charge on any atom is 0.419 e. The molecule has 0 saturated carbocycles. The van der Waals surface area contributed by atoms with E-state index in [0.717, 1.165) is 6.07 Å². The molecule has 2 aromatic carbocycles.